The molecule has 2 N–H and O–H groups in total. The van der Waals surface area contributed by atoms with Crippen molar-refractivity contribution in [3.05, 3.63) is 42.2 Å². The molecule has 0 amide bonds. The van der Waals surface area contributed by atoms with Crippen molar-refractivity contribution >= 4 is 17.4 Å². The topological polar surface area (TPSA) is 44.5 Å². The maximum Gasteiger partial charge on any atom is 0.167 e. The summed E-state index contributed by atoms with van der Waals surface area (Å²) in [5.74, 6) is 0.704. The molecular formula is C16H18FNO2S. The van der Waals surface area contributed by atoms with Crippen molar-refractivity contribution in [3.8, 4) is 17.2 Å². The molecule has 0 radical (unpaired) electrons. The molecule has 2 aromatic rings. The Kier molecular flexibility index (Phi) is 4.96. The van der Waals surface area contributed by atoms with E-state index in [0.29, 0.717) is 11.5 Å². The fourth-order valence-corrected chi connectivity index (χ4v) is 2.33. The number of hydrogen-bond donors (Lipinski definition) is 1. The largest absolute Gasteiger partial charge is 0.488 e. The highest BCUT2D eigenvalue weighted by Gasteiger charge is 2.13. The zero-order valence-electron chi connectivity index (χ0n) is 12.2. The van der Waals surface area contributed by atoms with Crippen LogP contribution in [0.1, 0.15) is 13.8 Å². The van der Waals surface area contributed by atoms with E-state index in [0.717, 1.165) is 4.90 Å². The fourth-order valence-electron chi connectivity index (χ4n) is 1.80. The third-order valence-corrected chi connectivity index (χ3v) is 3.49. The lowest BCUT2D eigenvalue weighted by Gasteiger charge is -2.15. The Morgan fingerprint density at radius 1 is 1.10 bits per heavy atom. The second kappa shape index (κ2) is 6.72. The van der Waals surface area contributed by atoms with Crippen LogP contribution in [0.5, 0.6) is 17.2 Å². The Hall–Kier alpha value is -1.88. The van der Waals surface area contributed by atoms with Gasteiger partial charge in [0.2, 0.25) is 0 Å². The number of benzene rings is 2. The summed E-state index contributed by atoms with van der Waals surface area (Å²) in [6.45, 7) is 3.67. The van der Waals surface area contributed by atoms with Gasteiger partial charge < -0.3 is 15.2 Å². The molecular weight excluding hydrogens is 289 g/mol. The number of para-hydroxylation sites is 1. The van der Waals surface area contributed by atoms with E-state index in [1.807, 2.05) is 44.4 Å². The van der Waals surface area contributed by atoms with Gasteiger partial charge in [-0.15, -0.1) is 11.8 Å². The van der Waals surface area contributed by atoms with E-state index in [2.05, 4.69) is 0 Å². The van der Waals surface area contributed by atoms with Gasteiger partial charge in [-0.25, -0.2) is 4.39 Å². The van der Waals surface area contributed by atoms with Crippen LogP contribution in [0.25, 0.3) is 0 Å². The van der Waals surface area contributed by atoms with Crippen LogP contribution in [0.2, 0.25) is 0 Å². The molecule has 0 atom stereocenters. The smallest absolute Gasteiger partial charge is 0.167 e. The van der Waals surface area contributed by atoms with E-state index < -0.39 is 5.82 Å². The molecule has 0 aliphatic carbocycles. The van der Waals surface area contributed by atoms with E-state index >= 15 is 0 Å². The third kappa shape index (κ3) is 3.82. The number of anilines is 1. The SMILES string of the molecule is CSc1ccccc1Oc1cc(OC(C)C)c(F)cc1N. The van der Waals surface area contributed by atoms with Gasteiger partial charge in [-0.05, 0) is 32.2 Å². The summed E-state index contributed by atoms with van der Waals surface area (Å²) < 4.78 is 25.0. The normalized spacial score (nSPS) is 10.7. The fraction of sp³-hybridized carbons (Fsp3) is 0.250. The van der Waals surface area contributed by atoms with Crippen molar-refractivity contribution in [1.82, 2.24) is 0 Å². The summed E-state index contributed by atoms with van der Waals surface area (Å²) in [4.78, 5) is 0.979. The van der Waals surface area contributed by atoms with Crippen LogP contribution in [0, 0.1) is 5.82 Å². The van der Waals surface area contributed by atoms with Gasteiger partial charge in [-0.3, -0.25) is 0 Å². The zero-order valence-corrected chi connectivity index (χ0v) is 13.0. The predicted molar refractivity (Wildman–Crippen MR) is 84.9 cm³/mol. The first kappa shape index (κ1) is 15.5. The maximum absolute atomic E-state index is 13.8. The second-order valence-electron chi connectivity index (χ2n) is 4.74. The summed E-state index contributed by atoms with van der Waals surface area (Å²) in [5, 5.41) is 0. The monoisotopic (exact) mass is 307 g/mol. The Labute approximate surface area is 128 Å². The van der Waals surface area contributed by atoms with E-state index in [1.54, 1.807) is 11.8 Å². The first-order valence-electron chi connectivity index (χ1n) is 6.57. The number of nitrogen functional groups attached to an aromatic ring is 1. The number of hydrogen-bond acceptors (Lipinski definition) is 4. The Morgan fingerprint density at radius 2 is 1.81 bits per heavy atom. The molecule has 0 spiro atoms. The van der Waals surface area contributed by atoms with Gasteiger partial charge in [-0.2, -0.15) is 0 Å². The maximum atomic E-state index is 13.8. The van der Waals surface area contributed by atoms with Gasteiger partial charge in [0, 0.05) is 17.0 Å². The summed E-state index contributed by atoms with van der Waals surface area (Å²) >= 11 is 1.57. The van der Waals surface area contributed by atoms with Crippen LogP contribution in [0.4, 0.5) is 10.1 Å². The van der Waals surface area contributed by atoms with Gasteiger partial charge in [0.05, 0.1) is 11.8 Å². The third-order valence-electron chi connectivity index (χ3n) is 2.72. The molecule has 0 bridgehead atoms. The van der Waals surface area contributed by atoms with E-state index in [9.17, 15) is 4.39 Å². The number of rotatable bonds is 5. The minimum absolute atomic E-state index is 0.130. The highest BCUT2D eigenvalue weighted by molar-refractivity contribution is 7.98. The van der Waals surface area contributed by atoms with Crippen molar-refractivity contribution in [3.63, 3.8) is 0 Å². The highest BCUT2D eigenvalue weighted by Crippen LogP contribution is 2.37. The summed E-state index contributed by atoms with van der Waals surface area (Å²) in [7, 11) is 0. The Morgan fingerprint density at radius 3 is 2.48 bits per heavy atom. The molecule has 2 rings (SSSR count). The number of halogens is 1. The van der Waals surface area contributed by atoms with Crippen LogP contribution in [-0.2, 0) is 0 Å². The summed E-state index contributed by atoms with van der Waals surface area (Å²) in [6, 6.07) is 10.3. The molecule has 3 nitrogen and oxygen atoms in total. The molecule has 5 heteroatoms. The Balaban J connectivity index is 2.35. The van der Waals surface area contributed by atoms with Crippen molar-refractivity contribution < 1.29 is 13.9 Å². The standard InChI is InChI=1S/C16H18FNO2S/c1-10(2)19-14-9-15(12(18)8-11(14)17)20-13-6-4-5-7-16(13)21-3/h4-10H,18H2,1-3H3. The van der Waals surface area contributed by atoms with E-state index in [1.165, 1.54) is 12.1 Å². The van der Waals surface area contributed by atoms with Crippen LogP contribution >= 0.6 is 11.8 Å². The molecule has 0 aliphatic heterocycles. The van der Waals surface area contributed by atoms with Crippen LogP contribution < -0.4 is 15.2 Å². The molecule has 0 fully saturated rings. The molecule has 0 heterocycles. The molecule has 0 saturated carbocycles. The molecule has 0 unspecified atom stereocenters. The average Bonchev–Trinajstić information content (AvgIpc) is 2.44. The molecule has 0 aromatic heterocycles. The molecule has 0 saturated heterocycles. The Bertz CT molecular complexity index is 632. The second-order valence-corrected chi connectivity index (χ2v) is 5.59. The number of nitrogens with two attached hydrogens (primary N) is 1. The van der Waals surface area contributed by atoms with Gasteiger partial charge >= 0.3 is 0 Å². The lowest BCUT2D eigenvalue weighted by atomic mass is 10.2. The lowest BCUT2D eigenvalue weighted by Crippen LogP contribution is -2.07. The lowest BCUT2D eigenvalue weighted by molar-refractivity contribution is 0.230. The van der Waals surface area contributed by atoms with E-state index in [-0.39, 0.29) is 17.5 Å². The van der Waals surface area contributed by atoms with Crippen LogP contribution in [-0.4, -0.2) is 12.4 Å². The first-order chi connectivity index (χ1) is 10.0. The molecule has 112 valence electrons. The molecule has 21 heavy (non-hydrogen) atoms. The summed E-state index contributed by atoms with van der Waals surface area (Å²) in [5.41, 5.74) is 6.07. The minimum atomic E-state index is -0.494. The van der Waals surface area contributed by atoms with Gasteiger partial charge in [0.1, 0.15) is 5.75 Å². The van der Waals surface area contributed by atoms with E-state index in [4.69, 9.17) is 15.2 Å². The van der Waals surface area contributed by atoms with Crippen molar-refractivity contribution in [2.24, 2.45) is 0 Å². The van der Waals surface area contributed by atoms with Gasteiger partial charge in [0.25, 0.3) is 0 Å². The molecule has 2 aromatic carbocycles. The van der Waals surface area contributed by atoms with Crippen molar-refractivity contribution in [2.45, 2.75) is 24.8 Å². The minimum Gasteiger partial charge on any atom is -0.488 e. The van der Waals surface area contributed by atoms with Crippen molar-refractivity contribution in [1.29, 1.82) is 0 Å². The molecule has 0 aliphatic rings. The number of ether oxygens (including phenoxy) is 2. The quantitative estimate of drug-likeness (QED) is 0.642. The average molecular weight is 307 g/mol. The van der Waals surface area contributed by atoms with Crippen LogP contribution in [0.3, 0.4) is 0 Å². The highest BCUT2D eigenvalue weighted by atomic mass is 32.2. The first-order valence-corrected chi connectivity index (χ1v) is 7.80. The van der Waals surface area contributed by atoms with Crippen LogP contribution in [0.15, 0.2) is 41.3 Å². The van der Waals surface area contributed by atoms with Crippen molar-refractivity contribution in [2.75, 3.05) is 12.0 Å². The zero-order chi connectivity index (χ0) is 15.4. The summed E-state index contributed by atoms with van der Waals surface area (Å²) in [6.07, 6.45) is 1.83. The van der Waals surface area contributed by atoms with Gasteiger partial charge in [0.15, 0.2) is 17.3 Å². The van der Waals surface area contributed by atoms with Gasteiger partial charge in [-0.1, -0.05) is 12.1 Å². The number of thioether (sulfide) groups is 1. The predicted octanol–water partition coefficient (Wildman–Crippen LogP) is 4.71.